The third-order valence-corrected chi connectivity index (χ3v) is 6.21. The number of rotatable bonds is 8. The largest absolute Gasteiger partial charge is 0.493 e. The molecule has 0 spiro atoms. The Balaban J connectivity index is 1.37. The van der Waals surface area contributed by atoms with Crippen LogP contribution in [0.1, 0.15) is 24.8 Å². The van der Waals surface area contributed by atoms with Gasteiger partial charge >= 0.3 is 6.18 Å². The second-order valence-electron chi connectivity index (χ2n) is 8.69. The molecule has 38 heavy (non-hydrogen) atoms. The molecule has 1 aliphatic rings. The smallest absolute Gasteiger partial charge is 0.416 e. The maximum atomic E-state index is 12.9. The minimum absolute atomic E-state index is 0.355. The molecular weight excluding hydrogens is 497 g/mol. The van der Waals surface area contributed by atoms with Crippen molar-refractivity contribution >= 4 is 22.3 Å². The molecule has 2 N–H and O–H groups in total. The van der Waals surface area contributed by atoms with E-state index < -0.39 is 11.7 Å². The van der Waals surface area contributed by atoms with E-state index in [9.17, 15) is 13.2 Å². The van der Waals surface area contributed by atoms with E-state index in [-0.39, 0.29) is 0 Å². The molecule has 4 aromatic rings. The van der Waals surface area contributed by atoms with Crippen LogP contribution in [0.2, 0.25) is 0 Å². The molecular formula is C28H25F3N4O3. The molecule has 0 bridgehead atoms. The Morgan fingerprint density at radius 2 is 1.55 bits per heavy atom. The van der Waals surface area contributed by atoms with Crippen LogP contribution in [0, 0.1) is 0 Å². The zero-order valence-electron chi connectivity index (χ0n) is 20.7. The summed E-state index contributed by atoms with van der Waals surface area (Å²) in [5.74, 6) is 2.72. The zero-order valence-corrected chi connectivity index (χ0v) is 20.7. The SMILES string of the molecule is COc1cc2ncnc(Oc3cccc(NC(Nc4ccc(C(F)(F)F)cc4)=C4CCC4)c3)c2cc1OC. The summed E-state index contributed by atoms with van der Waals surface area (Å²) >= 11 is 0. The highest BCUT2D eigenvalue weighted by molar-refractivity contribution is 5.87. The highest BCUT2D eigenvalue weighted by Gasteiger charge is 2.30. The number of nitrogens with one attached hydrogen (secondary N) is 2. The van der Waals surface area contributed by atoms with Crippen LogP contribution < -0.4 is 24.8 Å². The number of fused-ring (bicyclic) bond motifs is 1. The number of ether oxygens (including phenoxy) is 3. The molecule has 1 aromatic heterocycles. The number of allylic oxidation sites excluding steroid dienone is 1. The average molecular weight is 523 g/mol. The molecule has 0 radical (unpaired) electrons. The standard InChI is InChI=1S/C28H25F3N4O3/c1-36-24-14-22-23(15-25(24)37-2)32-16-33-27(22)38-21-8-4-7-20(13-21)35-26(17-5-3-6-17)34-19-11-9-18(10-12-19)28(29,30)31/h4,7-16,34-35H,3,5-6H2,1-2H3. The summed E-state index contributed by atoms with van der Waals surface area (Å²) in [6.07, 6.45) is -0.0837. The fraction of sp³-hybridized carbons (Fsp3) is 0.214. The lowest BCUT2D eigenvalue weighted by Crippen LogP contribution is -2.16. The number of hydrogen-bond donors (Lipinski definition) is 2. The number of nitrogens with zero attached hydrogens (tertiary/aromatic N) is 2. The molecule has 5 rings (SSSR count). The normalized spacial score (nSPS) is 13.0. The molecule has 1 fully saturated rings. The van der Waals surface area contributed by atoms with Crippen molar-refractivity contribution < 1.29 is 27.4 Å². The van der Waals surface area contributed by atoms with Crippen molar-refractivity contribution in [1.29, 1.82) is 0 Å². The maximum Gasteiger partial charge on any atom is 0.416 e. The third-order valence-electron chi connectivity index (χ3n) is 6.21. The fourth-order valence-corrected chi connectivity index (χ4v) is 4.03. The predicted molar refractivity (Wildman–Crippen MR) is 139 cm³/mol. The first-order valence-electron chi connectivity index (χ1n) is 11.9. The first-order chi connectivity index (χ1) is 18.3. The predicted octanol–water partition coefficient (Wildman–Crippen LogP) is 7.38. The zero-order chi connectivity index (χ0) is 26.7. The van der Waals surface area contributed by atoms with Crippen molar-refractivity contribution in [2.45, 2.75) is 25.4 Å². The van der Waals surface area contributed by atoms with E-state index in [2.05, 4.69) is 20.6 Å². The first kappa shape index (κ1) is 25.2. The van der Waals surface area contributed by atoms with E-state index in [0.717, 1.165) is 42.9 Å². The molecule has 0 atom stereocenters. The quantitative estimate of drug-likeness (QED) is 0.250. The molecule has 3 aromatic carbocycles. The number of aromatic nitrogens is 2. The number of hydrogen-bond acceptors (Lipinski definition) is 7. The summed E-state index contributed by atoms with van der Waals surface area (Å²) in [7, 11) is 3.11. The maximum absolute atomic E-state index is 12.9. The van der Waals surface area contributed by atoms with Crippen LogP contribution >= 0.6 is 0 Å². The molecule has 10 heteroatoms. The number of alkyl halides is 3. The van der Waals surface area contributed by atoms with Gasteiger partial charge in [-0.3, -0.25) is 0 Å². The Hall–Kier alpha value is -4.47. The van der Waals surface area contributed by atoms with Gasteiger partial charge in [0.05, 0.1) is 30.7 Å². The topological polar surface area (TPSA) is 77.5 Å². The van der Waals surface area contributed by atoms with Crippen molar-refractivity contribution in [3.63, 3.8) is 0 Å². The molecule has 0 aliphatic heterocycles. The van der Waals surface area contributed by atoms with Gasteiger partial charge in [-0.25, -0.2) is 9.97 Å². The van der Waals surface area contributed by atoms with Crippen molar-refractivity contribution in [3.05, 3.63) is 83.9 Å². The highest BCUT2D eigenvalue weighted by atomic mass is 19.4. The lowest BCUT2D eigenvalue weighted by Gasteiger charge is -2.24. The highest BCUT2D eigenvalue weighted by Crippen LogP contribution is 2.37. The Bertz CT molecular complexity index is 1480. The second-order valence-corrected chi connectivity index (χ2v) is 8.69. The second kappa shape index (κ2) is 10.5. The van der Waals surface area contributed by atoms with Gasteiger partial charge < -0.3 is 24.8 Å². The molecule has 196 valence electrons. The van der Waals surface area contributed by atoms with E-state index in [1.807, 2.05) is 18.2 Å². The van der Waals surface area contributed by atoms with E-state index >= 15 is 0 Å². The van der Waals surface area contributed by atoms with Crippen molar-refractivity contribution in [3.8, 4) is 23.1 Å². The molecule has 1 saturated carbocycles. The fourth-order valence-electron chi connectivity index (χ4n) is 4.03. The van der Waals surface area contributed by atoms with Crippen LogP contribution in [0.15, 0.2) is 78.4 Å². The van der Waals surface area contributed by atoms with Crippen LogP contribution in [0.4, 0.5) is 24.5 Å². The molecule has 0 unspecified atom stereocenters. The van der Waals surface area contributed by atoms with E-state index in [1.54, 1.807) is 32.4 Å². The Labute approximate surface area is 217 Å². The van der Waals surface area contributed by atoms with Crippen LogP contribution in [-0.2, 0) is 6.18 Å². The number of halogens is 3. The van der Waals surface area contributed by atoms with E-state index in [4.69, 9.17) is 14.2 Å². The Morgan fingerprint density at radius 3 is 2.21 bits per heavy atom. The summed E-state index contributed by atoms with van der Waals surface area (Å²) in [5, 5.41) is 7.26. The Kier molecular flexibility index (Phi) is 6.95. The van der Waals surface area contributed by atoms with E-state index in [1.165, 1.54) is 24.0 Å². The minimum Gasteiger partial charge on any atom is -0.493 e. The van der Waals surface area contributed by atoms with Crippen molar-refractivity contribution in [2.75, 3.05) is 24.9 Å². The van der Waals surface area contributed by atoms with Gasteiger partial charge in [0.1, 0.15) is 17.9 Å². The van der Waals surface area contributed by atoms with Crippen LogP contribution in [0.3, 0.4) is 0 Å². The van der Waals surface area contributed by atoms with Crippen molar-refractivity contribution in [1.82, 2.24) is 9.97 Å². The summed E-state index contributed by atoms with van der Waals surface area (Å²) in [6.45, 7) is 0. The monoisotopic (exact) mass is 522 g/mol. The Morgan fingerprint density at radius 1 is 0.842 bits per heavy atom. The lowest BCUT2D eigenvalue weighted by molar-refractivity contribution is -0.137. The molecule has 0 amide bonds. The van der Waals surface area contributed by atoms with Gasteiger partial charge in [-0.1, -0.05) is 6.07 Å². The number of anilines is 2. The third kappa shape index (κ3) is 5.44. The van der Waals surface area contributed by atoms with Gasteiger partial charge in [0.15, 0.2) is 11.5 Å². The molecule has 0 saturated heterocycles. The number of methoxy groups -OCH3 is 2. The van der Waals surface area contributed by atoms with Gasteiger partial charge in [-0.15, -0.1) is 0 Å². The van der Waals surface area contributed by atoms with Gasteiger partial charge in [-0.05, 0) is 67.3 Å². The number of benzene rings is 3. The van der Waals surface area contributed by atoms with Crippen LogP contribution in [-0.4, -0.2) is 24.2 Å². The molecule has 7 nitrogen and oxygen atoms in total. The average Bonchev–Trinajstić information content (AvgIpc) is 2.87. The molecule has 1 aliphatic carbocycles. The van der Waals surface area contributed by atoms with Crippen molar-refractivity contribution in [2.24, 2.45) is 0 Å². The van der Waals surface area contributed by atoms with Crippen LogP contribution in [0.5, 0.6) is 23.1 Å². The molecule has 1 heterocycles. The minimum atomic E-state index is -4.38. The van der Waals surface area contributed by atoms with Crippen LogP contribution in [0.25, 0.3) is 10.9 Å². The van der Waals surface area contributed by atoms with E-state index in [0.29, 0.717) is 39.7 Å². The first-order valence-corrected chi connectivity index (χ1v) is 11.9. The van der Waals surface area contributed by atoms with Gasteiger partial charge in [0.2, 0.25) is 5.88 Å². The summed E-state index contributed by atoms with van der Waals surface area (Å²) < 4.78 is 55.7. The van der Waals surface area contributed by atoms with Gasteiger partial charge in [0.25, 0.3) is 0 Å². The van der Waals surface area contributed by atoms with Gasteiger partial charge in [-0.2, -0.15) is 13.2 Å². The van der Waals surface area contributed by atoms with Gasteiger partial charge in [0, 0.05) is 23.5 Å². The lowest BCUT2D eigenvalue weighted by atomic mass is 9.92. The summed E-state index contributed by atoms with van der Waals surface area (Å²) in [5.41, 5.74) is 2.42. The summed E-state index contributed by atoms with van der Waals surface area (Å²) in [6, 6.07) is 15.8. The summed E-state index contributed by atoms with van der Waals surface area (Å²) in [4.78, 5) is 8.61.